The zero-order chi connectivity index (χ0) is 19.1. The number of carbonyl (C=O) groups is 1. The first-order valence-electron chi connectivity index (χ1n) is 9.12. The highest BCUT2D eigenvalue weighted by molar-refractivity contribution is 6.08. The van der Waals surface area contributed by atoms with Crippen LogP contribution in [0.2, 0.25) is 0 Å². The van der Waals surface area contributed by atoms with Crippen molar-refractivity contribution in [2.24, 2.45) is 0 Å². The van der Waals surface area contributed by atoms with Crippen LogP contribution in [0.1, 0.15) is 35.2 Å². The Bertz CT molecular complexity index is 1160. The van der Waals surface area contributed by atoms with Crippen LogP contribution in [0, 0.1) is 13.8 Å². The van der Waals surface area contributed by atoms with Gasteiger partial charge in [0.15, 0.2) is 0 Å². The SMILES string of the molecule is Cc1cc(C)c2c3ccccc3n(Cc3ccc(C(C)C(=O)O)cc3)c2n1. The molecule has 4 rings (SSSR count). The molecular formula is C23H22N2O2. The highest BCUT2D eigenvalue weighted by atomic mass is 16.4. The number of nitrogens with zero attached hydrogens (tertiary/aromatic N) is 2. The minimum Gasteiger partial charge on any atom is -0.481 e. The lowest BCUT2D eigenvalue weighted by molar-refractivity contribution is -0.138. The van der Waals surface area contributed by atoms with Crippen molar-refractivity contribution in [3.05, 3.63) is 77.0 Å². The molecule has 4 nitrogen and oxygen atoms in total. The molecule has 0 spiro atoms. The minimum absolute atomic E-state index is 0.501. The molecule has 2 aromatic carbocycles. The van der Waals surface area contributed by atoms with Gasteiger partial charge in [-0.25, -0.2) is 4.98 Å². The predicted octanol–water partition coefficient (Wildman–Crippen LogP) is 5.04. The molecule has 0 saturated heterocycles. The molecule has 2 aromatic heterocycles. The molecule has 0 bridgehead atoms. The summed E-state index contributed by atoms with van der Waals surface area (Å²) >= 11 is 0. The number of aromatic nitrogens is 2. The minimum atomic E-state index is -0.805. The summed E-state index contributed by atoms with van der Waals surface area (Å²) in [5.74, 6) is -1.31. The highest BCUT2D eigenvalue weighted by Crippen LogP contribution is 2.31. The van der Waals surface area contributed by atoms with Gasteiger partial charge in [-0.15, -0.1) is 0 Å². The lowest BCUT2D eigenvalue weighted by Gasteiger charge is -2.10. The van der Waals surface area contributed by atoms with E-state index in [4.69, 9.17) is 4.98 Å². The molecule has 2 heterocycles. The summed E-state index contributed by atoms with van der Waals surface area (Å²) in [6.45, 7) is 6.56. The van der Waals surface area contributed by atoms with E-state index in [9.17, 15) is 9.90 Å². The van der Waals surface area contributed by atoms with Crippen LogP contribution in [0.5, 0.6) is 0 Å². The number of aryl methyl sites for hydroxylation is 2. The van der Waals surface area contributed by atoms with Gasteiger partial charge in [0.2, 0.25) is 0 Å². The Morgan fingerprint density at radius 3 is 2.52 bits per heavy atom. The Hall–Kier alpha value is -3.14. The van der Waals surface area contributed by atoms with E-state index in [1.807, 2.05) is 31.2 Å². The van der Waals surface area contributed by atoms with Gasteiger partial charge >= 0.3 is 5.97 Å². The summed E-state index contributed by atoms with van der Waals surface area (Å²) in [7, 11) is 0. The van der Waals surface area contributed by atoms with E-state index in [0.29, 0.717) is 6.54 Å². The largest absolute Gasteiger partial charge is 0.481 e. The zero-order valence-corrected chi connectivity index (χ0v) is 15.7. The van der Waals surface area contributed by atoms with Gasteiger partial charge in [-0.2, -0.15) is 0 Å². The lowest BCUT2D eigenvalue weighted by atomic mass is 10.00. The van der Waals surface area contributed by atoms with E-state index >= 15 is 0 Å². The third-order valence-electron chi connectivity index (χ3n) is 5.24. The fourth-order valence-electron chi connectivity index (χ4n) is 3.78. The number of carboxylic acid groups (broad SMARTS) is 1. The summed E-state index contributed by atoms with van der Waals surface area (Å²) in [4.78, 5) is 16.0. The maximum atomic E-state index is 11.2. The fourth-order valence-corrected chi connectivity index (χ4v) is 3.78. The Labute approximate surface area is 158 Å². The van der Waals surface area contributed by atoms with Crippen LogP contribution in [-0.2, 0) is 11.3 Å². The van der Waals surface area contributed by atoms with E-state index in [0.717, 1.165) is 28.0 Å². The number of hydrogen-bond acceptors (Lipinski definition) is 2. The van der Waals surface area contributed by atoms with Gasteiger partial charge in [0, 0.05) is 23.0 Å². The Morgan fingerprint density at radius 2 is 1.81 bits per heavy atom. The van der Waals surface area contributed by atoms with E-state index in [-0.39, 0.29) is 0 Å². The first-order chi connectivity index (χ1) is 13.0. The Kier molecular flexibility index (Phi) is 4.19. The molecule has 0 aliphatic carbocycles. The molecular weight excluding hydrogens is 336 g/mol. The summed E-state index contributed by atoms with van der Waals surface area (Å²) < 4.78 is 2.25. The van der Waals surface area contributed by atoms with Gasteiger partial charge in [-0.05, 0) is 49.6 Å². The molecule has 136 valence electrons. The quantitative estimate of drug-likeness (QED) is 0.556. The molecule has 0 amide bonds. The summed E-state index contributed by atoms with van der Waals surface area (Å²) in [5, 5.41) is 11.6. The van der Waals surface area contributed by atoms with Gasteiger partial charge in [-0.3, -0.25) is 4.79 Å². The second-order valence-electron chi connectivity index (χ2n) is 7.18. The van der Waals surface area contributed by atoms with Crippen molar-refractivity contribution < 1.29 is 9.90 Å². The number of benzene rings is 2. The van der Waals surface area contributed by atoms with Gasteiger partial charge in [0.05, 0.1) is 11.4 Å². The second-order valence-corrected chi connectivity index (χ2v) is 7.18. The Balaban J connectivity index is 1.83. The summed E-state index contributed by atoms with van der Waals surface area (Å²) in [5.41, 5.74) is 6.35. The lowest BCUT2D eigenvalue weighted by Crippen LogP contribution is -2.07. The van der Waals surface area contributed by atoms with Crippen molar-refractivity contribution in [2.75, 3.05) is 0 Å². The molecule has 1 atom stereocenters. The number of fused-ring (bicyclic) bond motifs is 3. The van der Waals surface area contributed by atoms with Crippen molar-refractivity contribution in [3.63, 3.8) is 0 Å². The van der Waals surface area contributed by atoms with Crippen LogP contribution in [0.3, 0.4) is 0 Å². The van der Waals surface area contributed by atoms with E-state index < -0.39 is 11.9 Å². The van der Waals surface area contributed by atoms with Crippen LogP contribution >= 0.6 is 0 Å². The smallest absolute Gasteiger partial charge is 0.310 e. The van der Waals surface area contributed by atoms with Crippen molar-refractivity contribution in [2.45, 2.75) is 33.2 Å². The first-order valence-corrected chi connectivity index (χ1v) is 9.12. The van der Waals surface area contributed by atoms with Crippen molar-refractivity contribution in [1.29, 1.82) is 0 Å². The molecule has 27 heavy (non-hydrogen) atoms. The van der Waals surface area contributed by atoms with Crippen LogP contribution in [-0.4, -0.2) is 20.6 Å². The van der Waals surface area contributed by atoms with Gasteiger partial charge in [-0.1, -0.05) is 42.5 Å². The van der Waals surface area contributed by atoms with Crippen LogP contribution < -0.4 is 0 Å². The number of hydrogen-bond donors (Lipinski definition) is 1. The zero-order valence-electron chi connectivity index (χ0n) is 15.7. The average molecular weight is 358 g/mol. The fraction of sp³-hybridized carbons (Fsp3) is 0.217. The molecule has 4 heteroatoms. The highest BCUT2D eigenvalue weighted by Gasteiger charge is 2.16. The third-order valence-corrected chi connectivity index (χ3v) is 5.24. The maximum Gasteiger partial charge on any atom is 0.310 e. The molecule has 1 unspecified atom stereocenters. The summed E-state index contributed by atoms with van der Waals surface area (Å²) in [6, 6.07) is 18.4. The van der Waals surface area contributed by atoms with Crippen LogP contribution in [0.15, 0.2) is 54.6 Å². The maximum absolute atomic E-state index is 11.2. The number of para-hydroxylation sites is 1. The second kappa shape index (κ2) is 6.54. The van der Waals surface area contributed by atoms with Crippen LogP contribution in [0.4, 0.5) is 0 Å². The van der Waals surface area contributed by atoms with Gasteiger partial charge in [0.1, 0.15) is 5.65 Å². The van der Waals surface area contributed by atoms with Crippen molar-refractivity contribution in [1.82, 2.24) is 9.55 Å². The van der Waals surface area contributed by atoms with Gasteiger partial charge in [0.25, 0.3) is 0 Å². The first kappa shape index (κ1) is 17.3. The topological polar surface area (TPSA) is 55.1 Å². The Morgan fingerprint density at radius 1 is 1.11 bits per heavy atom. The molecule has 4 aromatic rings. The van der Waals surface area contributed by atoms with E-state index in [2.05, 4.69) is 41.8 Å². The monoisotopic (exact) mass is 358 g/mol. The number of carboxylic acids is 1. The summed E-state index contributed by atoms with van der Waals surface area (Å²) in [6.07, 6.45) is 0. The molecule has 0 aliphatic rings. The number of rotatable bonds is 4. The normalized spacial score (nSPS) is 12.6. The molecule has 1 N–H and O–H groups in total. The van der Waals surface area contributed by atoms with E-state index in [1.54, 1.807) is 6.92 Å². The molecule has 0 radical (unpaired) electrons. The predicted molar refractivity (Wildman–Crippen MR) is 108 cm³/mol. The van der Waals surface area contributed by atoms with Crippen molar-refractivity contribution in [3.8, 4) is 0 Å². The number of pyridine rings is 1. The standard InChI is InChI=1S/C23H22N2O2/c1-14-12-15(2)24-22-21(14)19-6-4-5-7-20(19)25(22)13-17-8-10-18(11-9-17)16(3)23(26)27/h4-12,16H,13H2,1-3H3,(H,26,27). The van der Waals surface area contributed by atoms with Gasteiger partial charge < -0.3 is 9.67 Å². The third kappa shape index (κ3) is 2.97. The molecule has 0 fully saturated rings. The average Bonchev–Trinajstić information content (AvgIpc) is 2.95. The van der Waals surface area contributed by atoms with Crippen molar-refractivity contribution >= 4 is 27.9 Å². The van der Waals surface area contributed by atoms with Crippen LogP contribution in [0.25, 0.3) is 21.9 Å². The van der Waals surface area contributed by atoms with E-state index in [1.165, 1.54) is 16.3 Å². The molecule has 0 aliphatic heterocycles. The molecule has 0 saturated carbocycles. The number of aliphatic carboxylic acids is 1.